The van der Waals surface area contributed by atoms with E-state index in [0.29, 0.717) is 29.3 Å². The highest BCUT2D eigenvalue weighted by molar-refractivity contribution is 5.98. The Morgan fingerprint density at radius 3 is 2.38 bits per heavy atom. The van der Waals surface area contributed by atoms with Crippen LogP contribution in [0.4, 0.5) is 5.69 Å². The predicted octanol–water partition coefficient (Wildman–Crippen LogP) is 3.02. The molecule has 0 fully saturated rings. The van der Waals surface area contributed by atoms with Gasteiger partial charge in [-0.3, -0.25) is 4.79 Å². The zero-order chi connectivity index (χ0) is 16.8. The fraction of sp³-hybridized carbons (Fsp3) is 0.278. The summed E-state index contributed by atoms with van der Waals surface area (Å²) in [6, 6.07) is 12.9. The molecular formula is C18H23ClN2O3. The number of nitrogens with zero attached hydrogens (tertiary/aromatic N) is 1. The topological polar surface area (TPSA) is 64.8 Å². The minimum atomic E-state index is -0.0800. The number of amides is 1. The third-order valence-electron chi connectivity index (χ3n) is 3.72. The van der Waals surface area contributed by atoms with Gasteiger partial charge in [0.15, 0.2) is 11.5 Å². The van der Waals surface area contributed by atoms with Gasteiger partial charge in [0.2, 0.25) is 0 Å². The van der Waals surface area contributed by atoms with Crippen molar-refractivity contribution >= 4 is 24.0 Å². The maximum Gasteiger partial charge on any atom is 0.255 e. The van der Waals surface area contributed by atoms with Crippen molar-refractivity contribution in [2.24, 2.45) is 0 Å². The van der Waals surface area contributed by atoms with E-state index in [1.165, 1.54) is 0 Å². The van der Waals surface area contributed by atoms with Crippen molar-refractivity contribution in [2.45, 2.75) is 6.42 Å². The van der Waals surface area contributed by atoms with Crippen molar-refractivity contribution in [1.82, 2.24) is 4.90 Å². The third-order valence-corrected chi connectivity index (χ3v) is 3.72. The van der Waals surface area contributed by atoms with E-state index in [1.807, 2.05) is 30.3 Å². The van der Waals surface area contributed by atoms with Gasteiger partial charge in [0.25, 0.3) is 5.91 Å². The number of rotatable bonds is 6. The number of benzene rings is 2. The Morgan fingerprint density at radius 2 is 1.75 bits per heavy atom. The molecule has 0 unspecified atom stereocenters. The number of carbonyl (C=O) groups is 1. The number of methoxy groups -OCH3 is 2. The smallest absolute Gasteiger partial charge is 0.255 e. The second-order valence-electron chi connectivity index (χ2n) is 5.25. The van der Waals surface area contributed by atoms with Gasteiger partial charge in [-0.1, -0.05) is 18.2 Å². The van der Waals surface area contributed by atoms with Crippen LogP contribution in [0.1, 0.15) is 15.9 Å². The van der Waals surface area contributed by atoms with Crippen LogP contribution in [0, 0.1) is 0 Å². The molecule has 0 atom stereocenters. The number of halogens is 1. The summed E-state index contributed by atoms with van der Waals surface area (Å²) in [6.45, 7) is 0.586. The molecule has 0 aliphatic rings. The Labute approximate surface area is 148 Å². The molecule has 5 nitrogen and oxygen atoms in total. The van der Waals surface area contributed by atoms with Crippen LogP contribution in [0.3, 0.4) is 0 Å². The molecule has 2 aromatic rings. The van der Waals surface area contributed by atoms with E-state index in [9.17, 15) is 4.79 Å². The molecule has 0 radical (unpaired) electrons. The SMILES string of the molecule is COc1ccc(CCN(C)C(=O)c2ccccc2N)cc1OC.Cl. The molecule has 0 bridgehead atoms. The summed E-state index contributed by atoms with van der Waals surface area (Å²) in [5.41, 5.74) is 7.96. The van der Waals surface area contributed by atoms with Crippen molar-refractivity contribution in [3.8, 4) is 11.5 Å². The number of ether oxygens (including phenoxy) is 2. The third kappa shape index (κ3) is 4.55. The average molecular weight is 351 g/mol. The number of hydrogen-bond donors (Lipinski definition) is 1. The first-order valence-corrected chi connectivity index (χ1v) is 7.37. The molecule has 0 aromatic heterocycles. The highest BCUT2D eigenvalue weighted by Gasteiger charge is 2.14. The highest BCUT2D eigenvalue weighted by atomic mass is 35.5. The van der Waals surface area contributed by atoms with Gasteiger partial charge in [-0.2, -0.15) is 0 Å². The zero-order valence-electron chi connectivity index (χ0n) is 14.1. The molecule has 24 heavy (non-hydrogen) atoms. The van der Waals surface area contributed by atoms with E-state index in [2.05, 4.69) is 0 Å². The fourth-order valence-corrected chi connectivity index (χ4v) is 2.33. The number of likely N-dealkylation sites (N-methyl/N-ethyl adjacent to an activating group) is 1. The monoisotopic (exact) mass is 350 g/mol. The lowest BCUT2D eigenvalue weighted by Gasteiger charge is -2.18. The zero-order valence-corrected chi connectivity index (χ0v) is 14.9. The van der Waals surface area contributed by atoms with E-state index in [4.69, 9.17) is 15.2 Å². The van der Waals surface area contributed by atoms with Crippen LogP contribution in [0.15, 0.2) is 42.5 Å². The average Bonchev–Trinajstić information content (AvgIpc) is 2.59. The van der Waals surface area contributed by atoms with Crippen LogP contribution in [0.2, 0.25) is 0 Å². The van der Waals surface area contributed by atoms with Crippen LogP contribution < -0.4 is 15.2 Å². The molecule has 2 aromatic carbocycles. The first-order valence-electron chi connectivity index (χ1n) is 7.37. The van der Waals surface area contributed by atoms with Crippen LogP contribution in [0.5, 0.6) is 11.5 Å². The van der Waals surface area contributed by atoms with Crippen molar-refractivity contribution in [3.05, 3.63) is 53.6 Å². The summed E-state index contributed by atoms with van der Waals surface area (Å²) >= 11 is 0. The number of anilines is 1. The summed E-state index contributed by atoms with van der Waals surface area (Å²) in [5, 5.41) is 0. The molecule has 2 N–H and O–H groups in total. The normalized spacial score (nSPS) is 9.79. The van der Waals surface area contributed by atoms with Crippen molar-refractivity contribution in [2.75, 3.05) is 33.5 Å². The van der Waals surface area contributed by atoms with Gasteiger partial charge in [0, 0.05) is 19.3 Å². The largest absolute Gasteiger partial charge is 0.493 e. The minimum Gasteiger partial charge on any atom is -0.493 e. The molecule has 0 saturated carbocycles. The number of nitrogen functional groups attached to an aromatic ring is 1. The summed E-state index contributed by atoms with van der Waals surface area (Å²) in [4.78, 5) is 14.1. The van der Waals surface area contributed by atoms with E-state index in [1.54, 1.807) is 38.3 Å². The van der Waals surface area contributed by atoms with Crippen LogP contribution in [-0.2, 0) is 6.42 Å². The Bertz CT molecular complexity index is 692. The Balaban J connectivity index is 0.00000288. The van der Waals surface area contributed by atoms with Crippen LogP contribution in [-0.4, -0.2) is 38.6 Å². The molecule has 6 heteroatoms. The molecule has 0 spiro atoms. The second kappa shape index (κ2) is 9.03. The van der Waals surface area contributed by atoms with E-state index in [0.717, 1.165) is 12.0 Å². The van der Waals surface area contributed by atoms with Gasteiger partial charge in [0.05, 0.1) is 19.8 Å². The van der Waals surface area contributed by atoms with Crippen LogP contribution >= 0.6 is 12.4 Å². The van der Waals surface area contributed by atoms with Crippen molar-refractivity contribution < 1.29 is 14.3 Å². The molecular weight excluding hydrogens is 328 g/mol. The fourth-order valence-electron chi connectivity index (χ4n) is 2.33. The Kier molecular flexibility index (Phi) is 7.39. The molecule has 0 heterocycles. The maximum absolute atomic E-state index is 12.4. The second-order valence-corrected chi connectivity index (χ2v) is 5.25. The maximum atomic E-state index is 12.4. The van der Waals surface area contributed by atoms with Crippen LogP contribution in [0.25, 0.3) is 0 Å². The van der Waals surface area contributed by atoms with Gasteiger partial charge >= 0.3 is 0 Å². The summed E-state index contributed by atoms with van der Waals surface area (Å²) < 4.78 is 10.5. The molecule has 0 aliphatic carbocycles. The number of nitrogens with two attached hydrogens (primary N) is 1. The van der Waals surface area contributed by atoms with Crippen molar-refractivity contribution in [3.63, 3.8) is 0 Å². The van der Waals surface area contributed by atoms with Gasteiger partial charge < -0.3 is 20.1 Å². The highest BCUT2D eigenvalue weighted by Crippen LogP contribution is 2.27. The van der Waals surface area contributed by atoms with Crippen molar-refractivity contribution in [1.29, 1.82) is 0 Å². The molecule has 0 aliphatic heterocycles. The summed E-state index contributed by atoms with van der Waals surface area (Å²) in [5.74, 6) is 1.30. The quantitative estimate of drug-likeness (QED) is 0.813. The van der Waals surface area contributed by atoms with E-state index < -0.39 is 0 Å². The molecule has 130 valence electrons. The van der Waals surface area contributed by atoms with Gasteiger partial charge in [0.1, 0.15) is 0 Å². The Hall–Kier alpha value is -2.40. The standard InChI is InChI=1S/C18H22N2O3.ClH/c1-20(18(21)14-6-4-5-7-15(14)19)11-10-13-8-9-16(22-2)17(12-13)23-3;/h4-9,12H,10-11,19H2,1-3H3;1H. The lowest BCUT2D eigenvalue weighted by atomic mass is 10.1. The molecule has 0 saturated heterocycles. The number of para-hydroxylation sites is 1. The lowest BCUT2D eigenvalue weighted by Crippen LogP contribution is -2.29. The molecule has 1 amide bonds. The van der Waals surface area contributed by atoms with Gasteiger partial charge in [-0.25, -0.2) is 0 Å². The number of hydrogen-bond acceptors (Lipinski definition) is 4. The number of carbonyl (C=O) groups excluding carboxylic acids is 1. The summed E-state index contributed by atoms with van der Waals surface area (Å²) in [6.07, 6.45) is 0.718. The summed E-state index contributed by atoms with van der Waals surface area (Å²) in [7, 11) is 4.99. The first kappa shape index (κ1) is 19.6. The Morgan fingerprint density at radius 1 is 1.08 bits per heavy atom. The minimum absolute atomic E-state index is 0. The van der Waals surface area contributed by atoms with E-state index in [-0.39, 0.29) is 18.3 Å². The molecule has 2 rings (SSSR count). The predicted molar refractivity (Wildman–Crippen MR) is 98.3 cm³/mol. The first-order chi connectivity index (χ1) is 11.1. The van der Waals surface area contributed by atoms with Gasteiger partial charge in [-0.05, 0) is 36.2 Å². The van der Waals surface area contributed by atoms with E-state index >= 15 is 0 Å². The van der Waals surface area contributed by atoms with Gasteiger partial charge in [-0.15, -0.1) is 12.4 Å². The lowest BCUT2D eigenvalue weighted by molar-refractivity contribution is 0.0797.